The largest absolute Gasteiger partial charge is 0.481 e. The average Bonchev–Trinajstić information content (AvgIpc) is 3.70. The second-order valence-electron chi connectivity index (χ2n) is 12.4. The monoisotopic (exact) mass is 602 g/mol. The summed E-state index contributed by atoms with van der Waals surface area (Å²) in [5.41, 5.74) is 10.9. The second-order valence-corrected chi connectivity index (χ2v) is 12.4. The number of rotatable bonds is 11. The van der Waals surface area contributed by atoms with Crippen molar-refractivity contribution in [3.63, 3.8) is 0 Å². The van der Waals surface area contributed by atoms with Gasteiger partial charge in [0.15, 0.2) is 5.78 Å². The van der Waals surface area contributed by atoms with Crippen LogP contribution in [0.15, 0.2) is 29.5 Å². The zero-order valence-electron chi connectivity index (χ0n) is 26.1. The highest BCUT2D eigenvalue weighted by Crippen LogP contribution is 2.44. The number of H-pyrrole nitrogens is 2. The molecule has 0 radical (unpaired) electrons. The van der Waals surface area contributed by atoms with Crippen molar-refractivity contribution in [2.24, 2.45) is 11.8 Å². The molecule has 4 unspecified atom stereocenters. The highest BCUT2D eigenvalue weighted by Gasteiger charge is 2.42. The third kappa shape index (κ3) is 5.42. The van der Waals surface area contributed by atoms with Gasteiger partial charge in [-0.15, -0.1) is 0 Å². The molecule has 4 atom stereocenters. The van der Waals surface area contributed by atoms with Crippen LogP contribution in [-0.2, 0) is 33.6 Å². The number of aromatic nitrogens is 2. The maximum atomic E-state index is 13.4. The van der Waals surface area contributed by atoms with Gasteiger partial charge in [0.2, 0.25) is 5.91 Å². The SMILES string of the molecule is C=CC1=C(C)C(=O)NC1Cc1[nH]c(Cc2[nH]c3c(c2C)C(=O)CC3=C2NC(CC(=O)O)C(C)C2CCC(=O)O)c(CC)c1C. The van der Waals surface area contributed by atoms with E-state index in [1.165, 1.54) is 5.56 Å². The first-order chi connectivity index (χ1) is 20.9. The Bertz CT molecular complexity index is 1640. The van der Waals surface area contributed by atoms with Gasteiger partial charge in [-0.25, -0.2) is 0 Å². The topological polar surface area (TPSA) is 164 Å². The highest BCUT2D eigenvalue weighted by atomic mass is 16.4. The van der Waals surface area contributed by atoms with Crippen molar-refractivity contribution in [3.05, 3.63) is 74.5 Å². The van der Waals surface area contributed by atoms with E-state index < -0.39 is 11.9 Å². The number of carbonyl (C=O) groups is 4. The molecule has 0 aromatic carbocycles. The Kier molecular flexibility index (Phi) is 8.46. The average molecular weight is 603 g/mol. The van der Waals surface area contributed by atoms with Crippen molar-refractivity contribution < 1.29 is 29.4 Å². The minimum absolute atomic E-state index is 0.00535. The van der Waals surface area contributed by atoms with Crippen LogP contribution < -0.4 is 10.6 Å². The van der Waals surface area contributed by atoms with Crippen LogP contribution in [0.4, 0.5) is 0 Å². The fraction of sp³-hybridized carbons (Fsp3) is 0.471. The Balaban J connectivity index is 1.48. The molecule has 5 rings (SSSR count). The van der Waals surface area contributed by atoms with Gasteiger partial charge in [0.05, 0.1) is 18.2 Å². The molecular weight excluding hydrogens is 560 g/mol. The third-order valence-electron chi connectivity index (χ3n) is 10.0. The number of aliphatic carboxylic acids is 2. The predicted octanol–water partition coefficient (Wildman–Crippen LogP) is 4.52. The molecule has 6 N–H and O–H groups in total. The van der Waals surface area contributed by atoms with Gasteiger partial charge < -0.3 is 30.8 Å². The molecule has 0 saturated carbocycles. The molecule has 2 aromatic rings. The first kappa shape index (κ1) is 31.1. The van der Waals surface area contributed by atoms with Crippen LogP contribution in [-0.4, -0.2) is 55.9 Å². The summed E-state index contributed by atoms with van der Waals surface area (Å²) in [6.45, 7) is 13.8. The minimum Gasteiger partial charge on any atom is -0.481 e. The number of carboxylic acid groups (broad SMARTS) is 2. The lowest BCUT2D eigenvalue weighted by atomic mass is 9.84. The summed E-state index contributed by atoms with van der Waals surface area (Å²) >= 11 is 0. The van der Waals surface area contributed by atoms with E-state index in [1.54, 1.807) is 6.08 Å². The van der Waals surface area contributed by atoms with Gasteiger partial charge >= 0.3 is 11.9 Å². The zero-order chi connectivity index (χ0) is 32.0. The van der Waals surface area contributed by atoms with Crippen LogP contribution in [0.25, 0.3) is 5.57 Å². The Morgan fingerprint density at radius 2 is 1.73 bits per heavy atom. The molecule has 10 nitrogen and oxygen atoms in total. The molecule has 0 bridgehead atoms. The minimum atomic E-state index is -0.923. The van der Waals surface area contributed by atoms with Crippen LogP contribution in [0.5, 0.6) is 0 Å². The van der Waals surface area contributed by atoms with Crippen molar-refractivity contribution in [2.45, 2.75) is 91.6 Å². The number of ketones is 1. The van der Waals surface area contributed by atoms with E-state index in [1.807, 2.05) is 20.8 Å². The van der Waals surface area contributed by atoms with Crippen LogP contribution >= 0.6 is 0 Å². The van der Waals surface area contributed by atoms with Crippen LogP contribution in [0.3, 0.4) is 0 Å². The third-order valence-corrected chi connectivity index (χ3v) is 10.0. The standard InChI is InChI=1S/C34H42N4O6/c1-7-19-15(3)23(12-27-20(8-2)17(5)34(44)38-27)35-26(19)13-24-18(6)31-28(39)11-22(33(31)37-24)32-21(9-10-29(40)41)16(4)25(36-32)14-30(42)43/h8,16,21,25,27,35-37H,2,7,9-14H2,1,3-6H3,(H,38,44)(H,40,41)(H,42,43). The predicted molar refractivity (Wildman–Crippen MR) is 166 cm³/mol. The number of hydrogen-bond donors (Lipinski definition) is 6. The maximum Gasteiger partial charge on any atom is 0.305 e. The summed E-state index contributed by atoms with van der Waals surface area (Å²) in [6, 6.07) is -0.487. The van der Waals surface area contributed by atoms with Gasteiger partial charge in [-0.3, -0.25) is 19.2 Å². The number of aromatic amines is 2. The molecule has 0 spiro atoms. The molecular formula is C34H42N4O6. The molecule has 1 saturated heterocycles. The number of allylic oxidation sites excluding steroid dienone is 2. The van der Waals surface area contributed by atoms with Gasteiger partial charge in [-0.2, -0.15) is 0 Å². The Morgan fingerprint density at radius 3 is 2.36 bits per heavy atom. The van der Waals surface area contributed by atoms with Gasteiger partial charge in [0.1, 0.15) is 0 Å². The van der Waals surface area contributed by atoms with E-state index in [2.05, 4.69) is 41.0 Å². The van der Waals surface area contributed by atoms with Crippen molar-refractivity contribution in [2.75, 3.05) is 0 Å². The van der Waals surface area contributed by atoms with Gasteiger partial charge in [-0.05, 0) is 61.8 Å². The second kappa shape index (κ2) is 12.0. The molecule has 3 aliphatic rings. The summed E-state index contributed by atoms with van der Waals surface area (Å²) in [5.74, 6) is -2.18. The molecule has 1 aliphatic carbocycles. The Hall–Kier alpha value is -4.34. The van der Waals surface area contributed by atoms with Crippen molar-refractivity contribution in [1.29, 1.82) is 0 Å². The van der Waals surface area contributed by atoms with Crippen molar-refractivity contribution in [1.82, 2.24) is 20.6 Å². The Labute approximate surface area is 257 Å². The van der Waals surface area contributed by atoms with Crippen molar-refractivity contribution >= 4 is 29.2 Å². The number of fused-ring (bicyclic) bond motifs is 1. The van der Waals surface area contributed by atoms with Crippen LogP contribution in [0.2, 0.25) is 0 Å². The van der Waals surface area contributed by atoms with Gasteiger partial charge in [-0.1, -0.05) is 26.5 Å². The Morgan fingerprint density at radius 1 is 1.00 bits per heavy atom. The summed E-state index contributed by atoms with van der Waals surface area (Å²) in [7, 11) is 0. The first-order valence-corrected chi connectivity index (χ1v) is 15.4. The number of carbonyl (C=O) groups excluding carboxylic acids is 2. The van der Waals surface area contributed by atoms with E-state index in [9.17, 15) is 29.4 Å². The van der Waals surface area contributed by atoms with E-state index in [4.69, 9.17) is 0 Å². The quantitative estimate of drug-likeness (QED) is 0.220. The molecule has 10 heteroatoms. The van der Waals surface area contributed by atoms with E-state index in [-0.39, 0.29) is 54.9 Å². The summed E-state index contributed by atoms with van der Waals surface area (Å²) < 4.78 is 0. The molecule has 44 heavy (non-hydrogen) atoms. The number of Topliss-reactive ketones (excluding diaryl/α,β-unsaturated/α-hetero) is 1. The number of carboxylic acids is 2. The lowest BCUT2D eigenvalue weighted by Crippen LogP contribution is -2.30. The lowest BCUT2D eigenvalue weighted by Gasteiger charge is -2.18. The highest BCUT2D eigenvalue weighted by molar-refractivity contribution is 6.13. The summed E-state index contributed by atoms with van der Waals surface area (Å²) in [4.78, 5) is 55.9. The van der Waals surface area contributed by atoms with Gasteiger partial charge in [0.25, 0.3) is 0 Å². The van der Waals surface area contributed by atoms with E-state index in [0.29, 0.717) is 30.4 Å². The van der Waals surface area contributed by atoms with Crippen LogP contribution in [0, 0.1) is 25.7 Å². The molecule has 1 fully saturated rings. The molecule has 1 amide bonds. The lowest BCUT2D eigenvalue weighted by molar-refractivity contribution is -0.138. The molecule has 2 aromatic heterocycles. The summed E-state index contributed by atoms with van der Waals surface area (Å²) in [5, 5.41) is 25.3. The molecule has 234 valence electrons. The normalized spacial score (nSPS) is 24.6. The maximum absolute atomic E-state index is 13.4. The van der Waals surface area contributed by atoms with Crippen LogP contribution in [0.1, 0.15) is 96.3 Å². The fourth-order valence-electron chi connectivity index (χ4n) is 7.54. The van der Waals surface area contributed by atoms with E-state index >= 15 is 0 Å². The van der Waals surface area contributed by atoms with Crippen molar-refractivity contribution in [3.8, 4) is 0 Å². The number of hydrogen-bond acceptors (Lipinski definition) is 5. The first-order valence-electron chi connectivity index (χ1n) is 15.4. The molecule has 4 heterocycles. The van der Waals surface area contributed by atoms with E-state index in [0.717, 1.165) is 57.2 Å². The number of amides is 1. The summed E-state index contributed by atoms with van der Waals surface area (Å²) in [6.07, 6.45) is 4.20. The van der Waals surface area contributed by atoms with Gasteiger partial charge in [0, 0.05) is 77.1 Å². The molecule has 2 aliphatic heterocycles. The fourth-order valence-corrected chi connectivity index (χ4v) is 7.54. The zero-order valence-corrected chi connectivity index (χ0v) is 26.1. The number of nitrogens with one attached hydrogen (secondary N) is 4. The smallest absolute Gasteiger partial charge is 0.305 e.